The molecule has 0 unspecified atom stereocenters. The summed E-state index contributed by atoms with van der Waals surface area (Å²) < 4.78 is 0. The van der Waals surface area contributed by atoms with E-state index < -0.39 is 0 Å². The Kier molecular flexibility index (Phi) is 7.72. The smallest absolute Gasteiger partial charge is 0.0251 e. The molecule has 6 aliphatic rings. The van der Waals surface area contributed by atoms with Crippen molar-refractivity contribution in [1.82, 2.24) is 14.8 Å². The molecular formula is C30H49N3S. The van der Waals surface area contributed by atoms with Crippen molar-refractivity contribution in [3.8, 4) is 0 Å². The second kappa shape index (κ2) is 10.1. The summed E-state index contributed by atoms with van der Waals surface area (Å²) >= 11 is 2.09. The number of rotatable bonds is 0. The zero-order valence-corrected chi connectivity index (χ0v) is 24.0. The van der Waals surface area contributed by atoms with E-state index in [1.807, 2.05) is 13.8 Å². The van der Waals surface area contributed by atoms with Crippen molar-refractivity contribution in [3.05, 3.63) is 44.4 Å². The maximum atomic E-state index is 3.71. The molecule has 8 rings (SSSR count). The Labute approximate surface area is 213 Å². The lowest BCUT2D eigenvalue weighted by Gasteiger charge is -2.27. The number of hydrogen-bond acceptors (Lipinski definition) is 3. The molecule has 6 aliphatic heterocycles. The minimum absolute atomic E-state index is 0.251. The van der Waals surface area contributed by atoms with Crippen LogP contribution in [0.5, 0.6) is 0 Å². The maximum Gasteiger partial charge on any atom is 0.0251 e. The Morgan fingerprint density at radius 2 is 1.26 bits per heavy atom. The van der Waals surface area contributed by atoms with Gasteiger partial charge >= 0.3 is 0 Å². The van der Waals surface area contributed by atoms with Crippen LogP contribution in [0.15, 0.2) is 12.1 Å². The summed E-state index contributed by atoms with van der Waals surface area (Å²) in [6.07, 6.45) is 5.46. The van der Waals surface area contributed by atoms with E-state index in [0.717, 1.165) is 11.8 Å². The molecular weight excluding hydrogens is 434 g/mol. The molecule has 1 N–H and O–H groups in total. The Hall–Kier alpha value is -1.10. The minimum atomic E-state index is 0.251. The Morgan fingerprint density at radius 3 is 1.79 bits per heavy atom. The molecule has 34 heavy (non-hydrogen) atoms. The zero-order valence-electron chi connectivity index (χ0n) is 23.2. The third-order valence-corrected chi connectivity index (χ3v) is 9.83. The van der Waals surface area contributed by atoms with Gasteiger partial charge in [0.25, 0.3) is 0 Å². The van der Waals surface area contributed by atoms with Gasteiger partial charge in [0.05, 0.1) is 0 Å². The number of nitrogens with one attached hydrogen (secondary N) is 1. The molecule has 2 fully saturated rings. The highest BCUT2D eigenvalue weighted by Crippen LogP contribution is 2.43. The van der Waals surface area contributed by atoms with Gasteiger partial charge in [0.2, 0.25) is 0 Å². The third-order valence-electron chi connectivity index (χ3n) is 8.06. The van der Waals surface area contributed by atoms with Crippen LogP contribution in [0.2, 0.25) is 0 Å². The number of piperidine rings is 2. The van der Waals surface area contributed by atoms with Crippen LogP contribution in [-0.4, -0.2) is 41.0 Å². The van der Waals surface area contributed by atoms with Crippen molar-refractivity contribution < 1.29 is 0 Å². The van der Waals surface area contributed by atoms with E-state index in [9.17, 15) is 0 Å². The van der Waals surface area contributed by atoms with Crippen molar-refractivity contribution in [2.45, 2.75) is 117 Å². The van der Waals surface area contributed by atoms with Gasteiger partial charge in [0, 0.05) is 45.6 Å². The van der Waals surface area contributed by atoms with Crippen LogP contribution in [0, 0.1) is 0 Å². The van der Waals surface area contributed by atoms with Gasteiger partial charge in [-0.2, -0.15) is 0 Å². The molecule has 190 valence electrons. The number of hydrogen-bond donors (Lipinski definition) is 1. The van der Waals surface area contributed by atoms with Crippen LogP contribution in [0.25, 0.3) is 0 Å². The molecule has 0 saturated carbocycles. The quantitative estimate of drug-likeness (QED) is 0.413. The molecule has 3 nitrogen and oxygen atoms in total. The normalized spacial score (nSPS) is 27.4. The van der Waals surface area contributed by atoms with Gasteiger partial charge in [0.15, 0.2) is 0 Å². The van der Waals surface area contributed by atoms with Gasteiger partial charge in [-0.05, 0) is 86.5 Å². The van der Waals surface area contributed by atoms with Crippen LogP contribution in [-0.2, 0) is 23.9 Å². The molecule has 4 bridgehead atoms. The first-order valence-electron chi connectivity index (χ1n) is 13.9. The van der Waals surface area contributed by atoms with E-state index in [4.69, 9.17) is 0 Å². The standard InChI is InChI=1S/C14H22N2.C14H21NS.C2H6/c1-14(2,3)12-8-11-9-16-6-4-10(5-7-16)13(11)15-12;1-14(2,3)12-8-11-9-15-6-4-10(5-7-15)13(11)16-12;1-2/h8,10,15H,4-7,9H2,1-3H3;8,10H,4-7,9H2,1-3H3;1-2H3. The van der Waals surface area contributed by atoms with Gasteiger partial charge in [-0.3, -0.25) is 9.80 Å². The fourth-order valence-electron chi connectivity index (χ4n) is 5.91. The third kappa shape index (κ3) is 5.50. The highest BCUT2D eigenvalue weighted by Gasteiger charge is 2.32. The van der Waals surface area contributed by atoms with E-state index in [0.29, 0.717) is 5.41 Å². The van der Waals surface area contributed by atoms with Gasteiger partial charge in [-0.15, -0.1) is 11.3 Å². The topological polar surface area (TPSA) is 22.3 Å². The summed E-state index contributed by atoms with van der Waals surface area (Å²) in [5.74, 6) is 1.67. The van der Waals surface area contributed by atoms with Gasteiger partial charge in [-0.25, -0.2) is 0 Å². The summed E-state index contributed by atoms with van der Waals surface area (Å²) in [5, 5.41) is 0. The van der Waals surface area contributed by atoms with Crippen LogP contribution >= 0.6 is 11.3 Å². The average molecular weight is 484 g/mol. The van der Waals surface area contributed by atoms with E-state index in [-0.39, 0.29) is 5.41 Å². The van der Waals surface area contributed by atoms with Crippen molar-refractivity contribution >= 4 is 11.3 Å². The lowest BCUT2D eigenvalue weighted by Crippen LogP contribution is -2.29. The van der Waals surface area contributed by atoms with Gasteiger partial charge in [-0.1, -0.05) is 55.4 Å². The Balaban J connectivity index is 0.000000150. The molecule has 0 atom stereocenters. The number of aromatic amines is 1. The van der Waals surface area contributed by atoms with Crippen molar-refractivity contribution in [3.63, 3.8) is 0 Å². The number of nitrogens with zero attached hydrogens (tertiary/aromatic N) is 2. The molecule has 0 aliphatic carbocycles. The molecule has 2 saturated heterocycles. The summed E-state index contributed by atoms with van der Waals surface area (Å²) in [6, 6.07) is 4.89. The van der Waals surface area contributed by atoms with Crippen molar-refractivity contribution in [2.75, 3.05) is 26.2 Å². The molecule has 0 amide bonds. The van der Waals surface area contributed by atoms with Crippen LogP contribution < -0.4 is 0 Å². The lowest BCUT2D eigenvalue weighted by molar-refractivity contribution is 0.219. The lowest BCUT2D eigenvalue weighted by atomic mass is 9.92. The first-order valence-corrected chi connectivity index (χ1v) is 14.7. The fourth-order valence-corrected chi connectivity index (χ4v) is 7.31. The van der Waals surface area contributed by atoms with E-state index in [2.05, 4.69) is 79.8 Å². The predicted octanol–water partition coefficient (Wildman–Crippen LogP) is 7.77. The Morgan fingerprint density at radius 1 is 0.735 bits per heavy atom. The van der Waals surface area contributed by atoms with Crippen LogP contribution in [0.3, 0.4) is 0 Å². The minimum Gasteiger partial charge on any atom is -0.361 e. The van der Waals surface area contributed by atoms with Crippen LogP contribution in [0.4, 0.5) is 0 Å². The van der Waals surface area contributed by atoms with Gasteiger partial charge in [0.1, 0.15) is 0 Å². The van der Waals surface area contributed by atoms with Crippen molar-refractivity contribution in [1.29, 1.82) is 0 Å². The number of aromatic nitrogens is 1. The van der Waals surface area contributed by atoms with E-state index in [1.54, 1.807) is 26.6 Å². The highest BCUT2D eigenvalue weighted by atomic mass is 32.1. The molecule has 4 heteroatoms. The maximum absolute atomic E-state index is 3.71. The summed E-state index contributed by atoms with van der Waals surface area (Å²) in [5.41, 5.74) is 6.72. The Bertz CT molecular complexity index is 861. The van der Waals surface area contributed by atoms with Gasteiger partial charge < -0.3 is 4.98 Å². The predicted molar refractivity (Wildman–Crippen MR) is 148 cm³/mol. The molecule has 0 aromatic carbocycles. The largest absolute Gasteiger partial charge is 0.361 e. The second-order valence-electron chi connectivity index (χ2n) is 12.7. The summed E-state index contributed by atoms with van der Waals surface area (Å²) in [6.45, 7) is 25.4. The monoisotopic (exact) mass is 483 g/mol. The number of H-pyrrole nitrogens is 1. The molecule has 2 aromatic heterocycles. The number of fused-ring (bicyclic) bond motifs is 4. The molecule has 2 aromatic rings. The first-order chi connectivity index (χ1) is 16.1. The molecule has 0 radical (unpaired) electrons. The fraction of sp³-hybridized carbons (Fsp3) is 0.733. The summed E-state index contributed by atoms with van der Waals surface area (Å²) in [7, 11) is 0. The second-order valence-corrected chi connectivity index (χ2v) is 13.8. The SMILES string of the molecule is CC.CC(C)(C)c1cc2c([nH]1)C1CCN(CC1)C2.CC(C)(C)c1cc2c(s1)C1CCN(CC1)C2. The summed E-state index contributed by atoms with van der Waals surface area (Å²) in [4.78, 5) is 12.2. The van der Waals surface area contributed by atoms with E-state index in [1.165, 1.54) is 70.6 Å². The average Bonchev–Trinajstić information content (AvgIpc) is 3.25. The first kappa shape index (κ1) is 26.0. The van der Waals surface area contributed by atoms with Crippen LogP contribution in [0.1, 0.15) is 125 Å². The molecule has 0 spiro atoms. The van der Waals surface area contributed by atoms with Crippen molar-refractivity contribution in [2.24, 2.45) is 0 Å². The molecule has 8 heterocycles. The highest BCUT2D eigenvalue weighted by molar-refractivity contribution is 7.12. The van der Waals surface area contributed by atoms with E-state index >= 15 is 0 Å². The number of thiophene rings is 1. The zero-order chi connectivity index (χ0) is 24.7.